The smallest absolute Gasteiger partial charge is 0.294 e. The predicted octanol–water partition coefficient (Wildman–Crippen LogP) is 2.91. The molecule has 1 aromatic carbocycles. The second-order valence-corrected chi connectivity index (χ2v) is 7.73. The Morgan fingerprint density at radius 3 is 2.77 bits per heavy atom. The standard InChI is InChI=1S/C19H22N4O2S/c1-11(2)18-21-16-17(26-18)13(4)22-23(19(16)25)10-15(24)20-9-14-7-5-6-12(3)8-14/h5-8,11H,9-10H2,1-4H3,(H,20,24). The van der Waals surface area contributed by atoms with Crippen LogP contribution in [0.4, 0.5) is 0 Å². The van der Waals surface area contributed by atoms with E-state index >= 15 is 0 Å². The third-order valence-corrected chi connectivity index (χ3v) is 5.50. The number of fused-ring (bicyclic) bond motifs is 1. The summed E-state index contributed by atoms with van der Waals surface area (Å²) in [6.07, 6.45) is 0. The maximum atomic E-state index is 12.6. The first-order valence-corrected chi connectivity index (χ1v) is 9.37. The summed E-state index contributed by atoms with van der Waals surface area (Å²) in [7, 11) is 0. The van der Waals surface area contributed by atoms with E-state index in [0.717, 1.165) is 26.5 Å². The van der Waals surface area contributed by atoms with Crippen molar-refractivity contribution in [2.45, 2.75) is 46.7 Å². The van der Waals surface area contributed by atoms with Gasteiger partial charge in [-0.25, -0.2) is 9.67 Å². The molecule has 0 spiro atoms. The maximum Gasteiger partial charge on any atom is 0.294 e. The molecule has 0 atom stereocenters. The number of hydrogen-bond acceptors (Lipinski definition) is 5. The molecule has 0 aliphatic rings. The molecule has 2 heterocycles. The van der Waals surface area contributed by atoms with E-state index < -0.39 is 0 Å². The van der Waals surface area contributed by atoms with Crippen molar-refractivity contribution in [2.75, 3.05) is 0 Å². The number of aromatic nitrogens is 3. The van der Waals surface area contributed by atoms with E-state index in [1.807, 2.05) is 52.0 Å². The molecule has 6 nitrogen and oxygen atoms in total. The van der Waals surface area contributed by atoms with E-state index in [2.05, 4.69) is 15.4 Å². The van der Waals surface area contributed by atoms with Gasteiger partial charge < -0.3 is 5.32 Å². The van der Waals surface area contributed by atoms with Crippen molar-refractivity contribution in [3.63, 3.8) is 0 Å². The first-order chi connectivity index (χ1) is 12.3. The van der Waals surface area contributed by atoms with E-state index in [4.69, 9.17) is 0 Å². The van der Waals surface area contributed by atoms with Crippen LogP contribution in [0.2, 0.25) is 0 Å². The fourth-order valence-electron chi connectivity index (χ4n) is 2.69. The van der Waals surface area contributed by atoms with E-state index in [-0.39, 0.29) is 23.9 Å². The van der Waals surface area contributed by atoms with Gasteiger partial charge in [0.25, 0.3) is 5.56 Å². The number of carbonyl (C=O) groups excluding carboxylic acids is 1. The molecule has 0 aliphatic heterocycles. The number of amides is 1. The molecule has 136 valence electrons. The molecular weight excluding hydrogens is 348 g/mol. The number of rotatable bonds is 5. The SMILES string of the molecule is Cc1cccc(CNC(=O)Cn2nc(C)c3sc(C(C)C)nc3c2=O)c1. The Morgan fingerprint density at radius 1 is 1.31 bits per heavy atom. The van der Waals surface area contributed by atoms with Crippen LogP contribution in [0.5, 0.6) is 0 Å². The molecule has 0 unspecified atom stereocenters. The zero-order valence-electron chi connectivity index (χ0n) is 15.4. The van der Waals surface area contributed by atoms with E-state index in [1.165, 1.54) is 16.0 Å². The van der Waals surface area contributed by atoms with Gasteiger partial charge in [-0.2, -0.15) is 5.10 Å². The quantitative estimate of drug-likeness (QED) is 0.749. The van der Waals surface area contributed by atoms with Crippen LogP contribution >= 0.6 is 11.3 Å². The van der Waals surface area contributed by atoms with E-state index in [9.17, 15) is 9.59 Å². The number of benzene rings is 1. The van der Waals surface area contributed by atoms with Crippen molar-refractivity contribution in [3.05, 3.63) is 56.4 Å². The zero-order chi connectivity index (χ0) is 18.8. The summed E-state index contributed by atoms with van der Waals surface area (Å²) in [6, 6.07) is 7.93. The Hall–Kier alpha value is -2.54. The van der Waals surface area contributed by atoms with Crippen LogP contribution < -0.4 is 10.9 Å². The molecule has 3 aromatic rings. The molecule has 1 N–H and O–H groups in total. The van der Waals surface area contributed by atoms with Gasteiger partial charge in [0.1, 0.15) is 6.54 Å². The normalized spacial score (nSPS) is 11.3. The molecule has 7 heteroatoms. The lowest BCUT2D eigenvalue weighted by Gasteiger charge is -2.08. The second-order valence-electron chi connectivity index (χ2n) is 6.70. The van der Waals surface area contributed by atoms with Gasteiger partial charge in [0, 0.05) is 12.5 Å². The molecule has 0 bridgehead atoms. The maximum absolute atomic E-state index is 12.6. The van der Waals surface area contributed by atoms with Gasteiger partial charge in [-0.1, -0.05) is 43.7 Å². The van der Waals surface area contributed by atoms with Crippen LogP contribution in [-0.4, -0.2) is 20.7 Å². The second kappa shape index (κ2) is 7.37. The van der Waals surface area contributed by atoms with Crippen molar-refractivity contribution in [1.82, 2.24) is 20.1 Å². The van der Waals surface area contributed by atoms with Gasteiger partial charge in [0.15, 0.2) is 5.52 Å². The number of nitrogens with zero attached hydrogens (tertiary/aromatic N) is 3. The van der Waals surface area contributed by atoms with E-state index in [0.29, 0.717) is 12.1 Å². The lowest BCUT2D eigenvalue weighted by Crippen LogP contribution is -2.33. The molecule has 0 aliphatic carbocycles. The Bertz CT molecular complexity index is 1020. The summed E-state index contributed by atoms with van der Waals surface area (Å²) < 4.78 is 2.00. The lowest BCUT2D eigenvalue weighted by atomic mass is 10.1. The molecule has 26 heavy (non-hydrogen) atoms. The number of hydrogen-bond donors (Lipinski definition) is 1. The first kappa shape index (κ1) is 18.3. The minimum absolute atomic E-state index is 0.115. The molecule has 0 fully saturated rings. The Kier molecular flexibility index (Phi) is 5.18. The molecule has 0 radical (unpaired) electrons. The Labute approximate surface area is 155 Å². The molecule has 3 rings (SSSR count). The zero-order valence-corrected chi connectivity index (χ0v) is 16.2. The summed E-state index contributed by atoms with van der Waals surface area (Å²) in [4.78, 5) is 29.3. The van der Waals surface area contributed by atoms with Gasteiger partial charge in [-0.3, -0.25) is 9.59 Å². The molecule has 0 saturated heterocycles. The van der Waals surface area contributed by atoms with Crippen LogP contribution in [-0.2, 0) is 17.9 Å². The van der Waals surface area contributed by atoms with Crippen LogP contribution in [0, 0.1) is 13.8 Å². The Morgan fingerprint density at radius 2 is 2.08 bits per heavy atom. The fraction of sp³-hybridized carbons (Fsp3) is 0.368. The van der Waals surface area contributed by atoms with Crippen LogP contribution in [0.3, 0.4) is 0 Å². The average molecular weight is 370 g/mol. The van der Waals surface area contributed by atoms with Crippen molar-refractivity contribution < 1.29 is 4.79 Å². The highest BCUT2D eigenvalue weighted by Gasteiger charge is 2.16. The molecule has 2 aromatic heterocycles. The van der Waals surface area contributed by atoms with Crippen LogP contribution in [0.25, 0.3) is 10.2 Å². The monoisotopic (exact) mass is 370 g/mol. The summed E-state index contributed by atoms with van der Waals surface area (Å²) in [5.41, 5.74) is 2.96. The predicted molar refractivity (Wildman–Crippen MR) is 104 cm³/mol. The largest absolute Gasteiger partial charge is 0.350 e. The summed E-state index contributed by atoms with van der Waals surface area (Å²) >= 11 is 1.50. The molecule has 1 amide bonds. The number of aryl methyl sites for hydroxylation is 2. The highest BCUT2D eigenvalue weighted by Crippen LogP contribution is 2.26. The molecule has 0 saturated carbocycles. The minimum atomic E-state index is -0.320. The summed E-state index contributed by atoms with van der Waals surface area (Å²) in [5, 5.41) is 8.04. The van der Waals surface area contributed by atoms with Crippen LogP contribution in [0.1, 0.15) is 41.6 Å². The van der Waals surface area contributed by atoms with Crippen molar-refractivity contribution >= 4 is 27.5 Å². The van der Waals surface area contributed by atoms with Gasteiger partial charge in [0.2, 0.25) is 5.91 Å². The lowest BCUT2D eigenvalue weighted by molar-refractivity contribution is -0.122. The minimum Gasteiger partial charge on any atom is -0.350 e. The van der Waals surface area contributed by atoms with Crippen molar-refractivity contribution in [3.8, 4) is 0 Å². The highest BCUT2D eigenvalue weighted by atomic mass is 32.1. The highest BCUT2D eigenvalue weighted by molar-refractivity contribution is 7.18. The Balaban J connectivity index is 1.78. The summed E-state index contributed by atoms with van der Waals surface area (Å²) in [5.74, 6) is -0.00329. The van der Waals surface area contributed by atoms with Gasteiger partial charge in [0.05, 0.1) is 15.4 Å². The first-order valence-electron chi connectivity index (χ1n) is 8.55. The molecular formula is C19H22N4O2S. The number of carbonyl (C=O) groups is 1. The third-order valence-electron chi connectivity index (χ3n) is 4.04. The fourth-order valence-corrected chi connectivity index (χ4v) is 3.69. The van der Waals surface area contributed by atoms with E-state index in [1.54, 1.807) is 0 Å². The van der Waals surface area contributed by atoms with Gasteiger partial charge >= 0.3 is 0 Å². The summed E-state index contributed by atoms with van der Waals surface area (Å²) in [6.45, 7) is 8.23. The number of nitrogens with one attached hydrogen (secondary N) is 1. The van der Waals surface area contributed by atoms with Gasteiger partial charge in [-0.05, 0) is 19.4 Å². The van der Waals surface area contributed by atoms with Crippen molar-refractivity contribution in [1.29, 1.82) is 0 Å². The number of thiazole rings is 1. The van der Waals surface area contributed by atoms with Gasteiger partial charge in [-0.15, -0.1) is 11.3 Å². The van der Waals surface area contributed by atoms with Crippen LogP contribution in [0.15, 0.2) is 29.1 Å². The van der Waals surface area contributed by atoms with Crippen molar-refractivity contribution in [2.24, 2.45) is 0 Å². The third kappa shape index (κ3) is 3.83. The average Bonchev–Trinajstić information content (AvgIpc) is 3.04. The topological polar surface area (TPSA) is 76.9 Å².